The van der Waals surface area contributed by atoms with Gasteiger partial charge in [-0.1, -0.05) is 10.3 Å². The quantitative estimate of drug-likeness (QED) is 0.759. The SMILES string of the molecule is Cc1nonc1CC(=O)N1CCO[C@]2(CNCCOC2)C1. The van der Waals surface area contributed by atoms with Crippen molar-refractivity contribution in [3.63, 3.8) is 0 Å². The molecule has 2 fully saturated rings. The molecule has 1 aromatic heterocycles. The van der Waals surface area contributed by atoms with Gasteiger partial charge in [-0.25, -0.2) is 4.63 Å². The fourth-order valence-corrected chi connectivity index (χ4v) is 2.69. The number of carbonyl (C=O) groups is 1. The number of aryl methyl sites for hydroxylation is 1. The smallest absolute Gasteiger partial charge is 0.228 e. The number of hydrogen-bond acceptors (Lipinski definition) is 7. The molecule has 1 N–H and O–H groups in total. The third-order valence-corrected chi connectivity index (χ3v) is 3.90. The Labute approximate surface area is 122 Å². The average molecular weight is 296 g/mol. The van der Waals surface area contributed by atoms with E-state index in [1.165, 1.54) is 0 Å². The Morgan fingerprint density at radius 1 is 1.43 bits per heavy atom. The maximum Gasteiger partial charge on any atom is 0.228 e. The molecule has 0 unspecified atom stereocenters. The van der Waals surface area contributed by atoms with Gasteiger partial charge >= 0.3 is 0 Å². The highest BCUT2D eigenvalue weighted by atomic mass is 16.6. The van der Waals surface area contributed by atoms with Crippen LogP contribution in [-0.4, -0.2) is 72.7 Å². The van der Waals surface area contributed by atoms with E-state index in [1.54, 1.807) is 6.92 Å². The van der Waals surface area contributed by atoms with Crippen molar-refractivity contribution in [2.24, 2.45) is 0 Å². The van der Waals surface area contributed by atoms with Crippen LogP contribution in [0.15, 0.2) is 4.63 Å². The minimum Gasteiger partial charge on any atom is -0.377 e. The molecule has 21 heavy (non-hydrogen) atoms. The fourth-order valence-electron chi connectivity index (χ4n) is 2.69. The molecule has 0 aliphatic carbocycles. The second-order valence-corrected chi connectivity index (χ2v) is 5.55. The molecule has 8 nitrogen and oxygen atoms in total. The van der Waals surface area contributed by atoms with E-state index >= 15 is 0 Å². The molecule has 3 heterocycles. The minimum absolute atomic E-state index is 0.0146. The van der Waals surface area contributed by atoms with Crippen LogP contribution in [0, 0.1) is 6.92 Å². The Kier molecular flexibility index (Phi) is 4.18. The number of nitrogens with zero attached hydrogens (tertiary/aromatic N) is 3. The molecule has 0 bridgehead atoms. The maximum atomic E-state index is 12.4. The summed E-state index contributed by atoms with van der Waals surface area (Å²) in [5.74, 6) is 0.0146. The van der Waals surface area contributed by atoms with Gasteiger partial charge in [0.15, 0.2) is 0 Å². The molecule has 2 saturated heterocycles. The van der Waals surface area contributed by atoms with Crippen LogP contribution < -0.4 is 5.32 Å². The van der Waals surface area contributed by atoms with Crippen molar-refractivity contribution in [2.45, 2.75) is 18.9 Å². The van der Waals surface area contributed by atoms with Crippen LogP contribution in [0.1, 0.15) is 11.4 Å². The molecule has 1 atom stereocenters. The Morgan fingerprint density at radius 2 is 2.33 bits per heavy atom. The zero-order valence-corrected chi connectivity index (χ0v) is 12.1. The van der Waals surface area contributed by atoms with Crippen molar-refractivity contribution in [1.29, 1.82) is 0 Å². The van der Waals surface area contributed by atoms with Crippen molar-refractivity contribution in [3.8, 4) is 0 Å². The number of carbonyl (C=O) groups excluding carboxylic acids is 1. The zero-order valence-electron chi connectivity index (χ0n) is 12.1. The summed E-state index contributed by atoms with van der Waals surface area (Å²) >= 11 is 0. The number of amides is 1. The van der Waals surface area contributed by atoms with Crippen molar-refractivity contribution in [1.82, 2.24) is 20.5 Å². The molecule has 0 radical (unpaired) electrons. The summed E-state index contributed by atoms with van der Waals surface area (Å²) in [4.78, 5) is 14.2. The second kappa shape index (κ2) is 6.08. The highest BCUT2D eigenvalue weighted by molar-refractivity contribution is 5.78. The van der Waals surface area contributed by atoms with Crippen LogP contribution in [0.25, 0.3) is 0 Å². The predicted molar refractivity (Wildman–Crippen MR) is 71.7 cm³/mol. The highest BCUT2D eigenvalue weighted by Crippen LogP contribution is 2.20. The first-order chi connectivity index (χ1) is 10.2. The molecule has 0 aromatic carbocycles. The largest absolute Gasteiger partial charge is 0.377 e. The molecule has 2 aliphatic heterocycles. The van der Waals surface area contributed by atoms with Gasteiger partial charge in [-0.2, -0.15) is 0 Å². The summed E-state index contributed by atoms with van der Waals surface area (Å²) in [7, 11) is 0. The third-order valence-electron chi connectivity index (χ3n) is 3.90. The van der Waals surface area contributed by atoms with Crippen LogP contribution in [-0.2, 0) is 20.7 Å². The standard InChI is InChI=1S/C13H20N4O4/c1-10-11(16-21-15-10)6-12(18)17-3-5-20-13(8-17)7-14-2-4-19-9-13/h14H,2-9H2,1H3/t13-/m1/s1. The Bertz CT molecular complexity index is 496. The van der Waals surface area contributed by atoms with E-state index < -0.39 is 5.60 Å². The van der Waals surface area contributed by atoms with Gasteiger partial charge in [0.25, 0.3) is 0 Å². The summed E-state index contributed by atoms with van der Waals surface area (Å²) in [6, 6.07) is 0. The highest BCUT2D eigenvalue weighted by Gasteiger charge is 2.39. The van der Waals surface area contributed by atoms with E-state index in [-0.39, 0.29) is 12.3 Å². The Balaban J connectivity index is 1.65. The lowest BCUT2D eigenvalue weighted by Crippen LogP contribution is -2.59. The lowest BCUT2D eigenvalue weighted by molar-refractivity contribution is -0.157. The second-order valence-electron chi connectivity index (χ2n) is 5.55. The number of ether oxygens (including phenoxy) is 2. The third kappa shape index (κ3) is 3.22. The first-order valence-corrected chi connectivity index (χ1v) is 7.17. The molecule has 1 amide bonds. The van der Waals surface area contributed by atoms with Crippen LogP contribution >= 0.6 is 0 Å². The summed E-state index contributed by atoms with van der Waals surface area (Å²) in [6.07, 6.45) is 0.208. The first-order valence-electron chi connectivity index (χ1n) is 7.17. The fraction of sp³-hybridized carbons (Fsp3) is 0.769. The number of rotatable bonds is 2. The van der Waals surface area contributed by atoms with E-state index in [0.29, 0.717) is 50.8 Å². The average Bonchev–Trinajstić information content (AvgIpc) is 2.75. The van der Waals surface area contributed by atoms with Gasteiger partial charge in [0, 0.05) is 19.6 Å². The van der Waals surface area contributed by atoms with Gasteiger partial charge in [-0.15, -0.1) is 0 Å². The molecule has 2 aliphatic rings. The molecule has 116 valence electrons. The van der Waals surface area contributed by atoms with Crippen molar-refractivity contribution >= 4 is 5.91 Å². The normalized spacial score (nSPS) is 26.8. The predicted octanol–water partition coefficient (Wildman–Crippen LogP) is -0.862. The Hall–Kier alpha value is -1.51. The summed E-state index contributed by atoms with van der Waals surface area (Å²) in [5, 5.41) is 10.8. The van der Waals surface area contributed by atoms with Crippen molar-refractivity contribution in [2.75, 3.05) is 46.0 Å². The van der Waals surface area contributed by atoms with Gasteiger partial charge in [0.05, 0.1) is 32.8 Å². The topological polar surface area (TPSA) is 89.7 Å². The molecule has 1 aromatic rings. The van der Waals surface area contributed by atoms with Crippen molar-refractivity contribution < 1.29 is 18.9 Å². The maximum absolute atomic E-state index is 12.4. The lowest BCUT2D eigenvalue weighted by Gasteiger charge is -2.41. The van der Waals surface area contributed by atoms with Crippen LogP contribution in [0.3, 0.4) is 0 Å². The van der Waals surface area contributed by atoms with Crippen molar-refractivity contribution in [3.05, 3.63) is 11.4 Å². The number of nitrogens with one attached hydrogen (secondary N) is 1. The van der Waals surface area contributed by atoms with Gasteiger partial charge in [-0.05, 0) is 6.92 Å². The van der Waals surface area contributed by atoms with E-state index in [1.807, 2.05) is 4.90 Å². The number of morpholine rings is 1. The summed E-state index contributed by atoms with van der Waals surface area (Å²) in [5.41, 5.74) is 0.809. The number of aromatic nitrogens is 2. The first kappa shape index (κ1) is 14.4. The minimum atomic E-state index is -0.443. The summed E-state index contributed by atoms with van der Waals surface area (Å²) in [6.45, 7) is 6.10. The van der Waals surface area contributed by atoms with E-state index in [9.17, 15) is 4.79 Å². The van der Waals surface area contributed by atoms with Gasteiger partial charge in [0.1, 0.15) is 17.0 Å². The lowest BCUT2D eigenvalue weighted by atomic mass is 10.0. The molecule has 8 heteroatoms. The molecule has 1 spiro atoms. The Morgan fingerprint density at radius 3 is 3.14 bits per heavy atom. The van der Waals surface area contributed by atoms with Gasteiger partial charge < -0.3 is 19.7 Å². The monoisotopic (exact) mass is 296 g/mol. The van der Waals surface area contributed by atoms with E-state index in [2.05, 4.69) is 20.3 Å². The van der Waals surface area contributed by atoms with Gasteiger partial charge in [-0.3, -0.25) is 4.79 Å². The number of hydrogen-bond donors (Lipinski definition) is 1. The van der Waals surface area contributed by atoms with Crippen LogP contribution in [0.2, 0.25) is 0 Å². The van der Waals surface area contributed by atoms with E-state index in [4.69, 9.17) is 9.47 Å². The molecular formula is C13H20N4O4. The molecule has 3 rings (SSSR count). The molecule has 0 saturated carbocycles. The molecular weight excluding hydrogens is 276 g/mol. The summed E-state index contributed by atoms with van der Waals surface area (Å²) < 4.78 is 16.1. The zero-order chi connectivity index (χ0) is 14.7. The van der Waals surface area contributed by atoms with E-state index in [0.717, 1.165) is 6.54 Å². The van der Waals surface area contributed by atoms with Gasteiger partial charge in [0.2, 0.25) is 5.91 Å². The van der Waals surface area contributed by atoms with Crippen LogP contribution in [0.5, 0.6) is 0 Å². The van der Waals surface area contributed by atoms with Crippen LogP contribution in [0.4, 0.5) is 0 Å².